The standard InChI is InChI=1S/C20H21NO4/c1-14(17-10-6-7-11-18(17)24-2)19(22)21-16(13-25-20(21)23)12-15-8-4-3-5-9-15/h3-11,14,16H,12-13H2,1-2H3/t14-,16-/m0/s1. The van der Waals surface area contributed by atoms with Crippen molar-refractivity contribution in [2.45, 2.75) is 25.3 Å². The van der Waals surface area contributed by atoms with Crippen LogP contribution >= 0.6 is 0 Å². The number of carbonyl (C=O) groups is 2. The smallest absolute Gasteiger partial charge is 0.417 e. The maximum absolute atomic E-state index is 13.0. The van der Waals surface area contributed by atoms with Gasteiger partial charge in [0.15, 0.2) is 0 Å². The molecule has 5 heteroatoms. The van der Waals surface area contributed by atoms with E-state index in [1.54, 1.807) is 14.0 Å². The number of hydrogen-bond donors (Lipinski definition) is 0. The molecule has 1 aliphatic rings. The van der Waals surface area contributed by atoms with E-state index in [-0.39, 0.29) is 18.6 Å². The molecule has 25 heavy (non-hydrogen) atoms. The summed E-state index contributed by atoms with van der Waals surface area (Å²) >= 11 is 0. The average Bonchev–Trinajstić information content (AvgIpc) is 3.01. The molecule has 0 N–H and O–H groups in total. The minimum atomic E-state index is -0.576. The number of hydrogen-bond acceptors (Lipinski definition) is 4. The lowest BCUT2D eigenvalue weighted by atomic mass is 9.97. The van der Waals surface area contributed by atoms with Crippen LogP contribution in [-0.4, -0.2) is 36.7 Å². The van der Waals surface area contributed by atoms with Crippen LogP contribution in [0.25, 0.3) is 0 Å². The Balaban J connectivity index is 1.82. The zero-order chi connectivity index (χ0) is 17.8. The van der Waals surface area contributed by atoms with Crippen molar-refractivity contribution >= 4 is 12.0 Å². The highest BCUT2D eigenvalue weighted by Crippen LogP contribution is 2.30. The first-order chi connectivity index (χ1) is 12.1. The van der Waals surface area contributed by atoms with Gasteiger partial charge in [-0.15, -0.1) is 0 Å². The molecular weight excluding hydrogens is 318 g/mol. The van der Waals surface area contributed by atoms with E-state index in [1.165, 1.54) is 4.90 Å². The predicted molar refractivity (Wildman–Crippen MR) is 93.5 cm³/mol. The third-order valence-electron chi connectivity index (χ3n) is 4.49. The first kappa shape index (κ1) is 17.0. The van der Waals surface area contributed by atoms with Crippen molar-refractivity contribution in [3.05, 3.63) is 65.7 Å². The van der Waals surface area contributed by atoms with Gasteiger partial charge in [0.2, 0.25) is 5.91 Å². The zero-order valence-electron chi connectivity index (χ0n) is 14.3. The summed E-state index contributed by atoms with van der Waals surface area (Å²) in [6.45, 7) is 2.00. The number of amides is 2. The SMILES string of the molecule is COc1ccccc1[C@H](C)C(=O)N1C(=O)OC[C@@H]1Cc1ccccc1. The quantitative estimate of drug-likeness (QED) is 0.838. The molecule has 0 aliphatic carbocycles. The number of rotatable bonds is 5. The van der Waals surface area contributed by atoms with Crippen LogP contribution in [-0.2, 0) is 16.0 Å². The van der Waals surface area contributed by atoms with Gasteiger partial charge < -0.3 is 9.47 Å². The van der Waals surface area contributed by atoms with Gasteiger partial charge in [-0.1, -0.05) is 48.5 Å². The first-order valence-corrected chi connectivity index (χ1v) is 8.28. The van der Waals surface area contributed by atoms with Gasteiger partial charge >= 0.3 is 6.09 Å². The molecule has 0 aromatic heterocycles. The van der Waals surface area contributed by atoms with Gasteiger partial charge in [-0.2, -0.15) is 0 Å². The van der Waals surface area contributed by atoms with Crippen LogP contribution in [0.5, 0.6) is 5.75 Å². The number of imide groups is 1. The van der Waals surface area contributed by atoms with Gasteiger partial charge in [-0.25, -0.2) is 9.69 Å². The second-order valence-corrected chi connectivity index (χ2v) is 6.09. The lowest BCUT2D eigenvalue weighted by Gasteiger charge is -2.24. The predicted octanol–water partition coefficient (Wildman–Crippen LogP) is 3.39. The van der Waals surface area contributed by atoms with E-state index < -0.39 is 12.0 Å². The summed E-state index contributed by atoms with van der Waals surface area (Å²) in [5, 5.41) is 0. The molecular formula is C20H21NO4. The second-order valence-electron chi connectivity index (χ2n) is 6.09. The summed E-state index contributed by atoms with van der Waals surface area (Å²) in [5.74, 6) is -0.136. The Hall–Kier alpha value is -2.82. The Morgan fingerprint density at radius 3 is 2.60 bits per heavy atom. The van der Waals surface area contributed by atoms with Crippen molar-refractivity contribution in [1.29, 1.82) is 0 Å². The molecule has 1 aliphatic heterocycles. The highest BCUT2D eigenvalue weighted by Gasteiger charge is 2.40. The van der Waals surface area contributed by atoms with Crippen molar-refractivity contribution in [1.82, 2.24) is 4.90 Å². The summed E-state index contributed by atoms with van der Waals surface area (Å²) in [7, 11) is 1.57. The van der Waals surface area contributed by atoms with Crippen molar-refractivity contribution in [2.24, 2.45) is 0 Å². The molecule has 0 radical (unpaired) electrons. The fourth-order valence-electron chi connectivity index (χ4n) is 3.13. The number of carbonyl (C=O) groups excluding carboxylic acids is 2. The average molecular weight is 339 g/mol. The van der Waals surface area contributed by atoms with E-state index in [1.807, 2.05) is 54.6 Å². The molecule has 1 fully saturated rings. The van der Waals surface area contributed by atoms with Crippen LogP contribution in [0.4, 0.5) is 4.79 Å². The summed E-state index contributed by atoms with van der Waals surface area (Å²) in [5.41, 5.74) is 1.82. The van der Waals surface area contributed by atoms with Crippen LogP contribution in [0.3, 0.4) is 0 Å². The maximum atomic E-state index is 13.0. The van der Waals surface area contributed by atoms with Gasteiger partial charge in [0.25, 0.3) is 0 Å². The molecule has 2 atom stereocenters. The third kappa shape index (κ3) is 3.50. The molecule has 0 spiro atoms. The fraction of sp³-hybridized carbons (Fsp3) is 0.300. The number of benzene rings is 2. The van der Waals surface area contributed by atoms with Crippen LogP contribution in [0, 0.1) is 0 Å². The first-order valence-electron chi connectivity index (χ1n) is 8.28. The molecule has 0 unspecified atom stereocenters. The minimum Gasteiger partial charge on any atom is -0.496 e. The summed E-state index contributed by atoms with van der Waals surface area (Å²) in [6, 6.07) is 16.8. The molecule has 1 heterocycles. The van der Waals surface area contributed by atoms with Crippen molar-refractivity contribution < 1.29 is 19.1 Å². The highest BCUT2D eigenvalue weighted by atomic mass is 16.6. The molecule has 2 aromatic carbocycles. The number of para-hydroxylation sites is 1. The van der Waals surface area contributed by atoms with Crippen LogP contribution in [0.15, 0.2) is 54.6 Å². The van der Waals surface area contributed by atoms with Crippen LogP contribution in [0.2, 0.25) is 0 Å². The van der Waals surface area contributed by atoms with Gasteiger partial charge in [-0.3, -0.25) is 4.79 Å². The maximum Gasteiger partial charge on any atom is 0.417 e. The number of methoxy groups -OCH3 is 1. The Morgan fingerprint density at radius 1 is 1.20 bits per heavy atom. The number of cyclic esters (lactones) is 1. The Kier molecular flexibility index (Phi) is 5.03. The van der Waals surface area contributed by atoms with Gasteiger partial charge in [0, 0.05) is 5.56 Å². The van der Waals surface area contributed by atoms with E-state index in [2.05, 4.69) is 0 Å². The normalized spacial score (nSPS) is 17.9. The van der Waals surface area contributed by atoms with Gasteiger partial charge in [0.1, 0.15) is 12.4 Å². The molecule has 3 rings (SSSR count). The second kappa shape index (κ2) is 7.38. The number of ether oxygens (including phenoxy) is 2. The van der Waals surface area contributed by atoms with Crippen molar-refractivity contribution in [3.8, 4) is 5.75 Å². The van der Waals surface area contributed by atoms with E-state index in [9.17, 15) is 9.59 Å². The van der Waals surface area contributed by atoms with Crippen LogP contribution in [0.1, 0.15) is 24.0 Å². The van der Waals surface area contributed by atoms with E-state index >= 15 is 0 Å². The lowest BCUT2D eigenvalue weighted by molar-refractivity contribution is -0.130. The Morgan fingerprint density at radius 2 is 1.88 bits per heavy atom. The fourth-order valence-corrected chi connectivity index (χ4v) is 3.13. The minimum absolute atomic E-state index is 0.220. The number of nitrogens with zero attached hydrogens (tertiary/aromatic N) is 1. The monoisotopic (exact) mass is 339 g/mol. The van der Waals surface area contributed by atoms with E-state index in [0.29, 0.717) is 12.2 Å². The molecule has 0 bridgehead atoms. The van der Waals surface area contributed by atoms with Crippen molar-refractivity contribution in [3.63, 3.8) is 0 Å². The van der Waals surface area contributed by atoms with Gasteiger partial charge in [0.05, 0.1) is 19.1 Å². The summed E-state index contributed by atoms with van der Waals surface area (Å²) in [6.07, 6.45) is 0.00410. The molecule has 130 valence electrons. The Bertz CT molecular complexity index is 759. The van der Waals surface area contributed by atoms with Gasteiger partial charge in [-0.05, 0) is 25.0 Å². The largest absolute Gasteiger partial charge is 0.496 e. The Labute approximate surface area is 147 Å². The third-order valence-corrected chi connectivity index (χ3v) is 4.49. The van der Waals surface area contributed by atoms with Crippen LogP contribution < -0.4 is 4.74 Å². The molecule has 2 aromatic rings. The summed E-state index contributed by atoms with van der Waals surface area (Å²) in [4.78, 5) is 26.4. The topological polar surface area (TPSA) is 55.8 Å². The molecule has 1 saturated heterocycles. The molecule has 2 amide bonds. The highest BCUT2D eigenvalue weighted by molar-refractivity contribution is 5.97. The molecule has 0 saturated carbocycles. The van der Waals surface area contributed by atoms with E-state index in [0.717, 1.165) is 11.1 Å². The zero-order valence-corrected chi connectivity index (χ0v) is 14.3. The molecule has 5 nitrogen and oxygen atoms in total. The lowest BCUT2D eigenvalue weighted by Crippen LogP contribution is -2.42. The summed E-state index contributed by atoms with van der Waals surface area (Å²) < 4.78 is 10.5. The van der Waals surface area contributed by atoms with E-state index in [4.69, 9.17) is 9.47 Å². The van der Waals surface area contributed by atoms with Crippen molar-refractivity contribution in [2.75, 3.05) is 13.7 Å².